The molecule has 1 fully saturated rings. The van der Waals surface area contributed by atoms with Gasteiger partial charge in [0.2, 0.25) is 10.0 Å². The number of hydrogen-bond acceptors (Lipinski definition) is 4. The highest BCUT2D eigenvalue weighted by Crippen LogP contribution is 2.35. The molecule has 2 aromatic carbocycles. The van der Waals surface area contributed by atoms with E-state index < -0.39 is 10.0 Å². The minimum Gasteiger partial charge on any atom is -0.490 e. The van der Waals surface area contributed by atoms with Gasteiger partial charge in [0.1, 0.15) is 5.82 Å². The molecule has 0 aromatic heterocycles. The number of sulfonamides is 1. The Morgan fingerprint density at radius 3 is 2.41 bits per heavy atom. The number of halogens is 1. The third-order valence-electron chi connectivity index (χ3n) is 4.79. The molecule has 4 rings (SSSR count). The normalized spacial score (nSPS) is 17.0. The summed E-state index contributed by atoms with van der Waals surface area (Å²) in [5, 5.41) is 0. The number of benzene rings is 2. The van der Waals surface area contributed by atoms with Gasteiger partial charge in [-0.3, -0.25) is 0 Å². The van der Waals surface area contributed by atoms with Crippen LogP contribution in [0.5, 0.6) is 11.5 Å². The van der Waals surface area contributed by atoms with E-state index in [-0.39, 0.29) is 17.3 Å². The van der Waals surface area contributed by atoms with Crippen LogP contribution in [0.25, 0.3) is 0 Å². The van der Waals surface area contributed by atoms with Gasteiger partial charge in [-0.1, -0.05) is 12.1 Å². The number of fused-ring (bicyclic) bond motifs is 1. The van der Waals surface area contributed by atoms with Gasteiger partial charge in [0.15, 0.2) is 11.5 Å². The minimum atomic E-state index is -3.71. The van der Waals surface area contributed by atoms with Crippen molar-refractivity contribution in [3.8, 4) is 11.5 Å². The van der Waals surface area contributed by atoms with E-state index in [9.17, 15) is 12.8 Å². The van der Waals surface area contributed by atoms with E-state index in [0.717, 1.165) is 24.8 Å². The van der Waals surface area contributed by atoms with Crippen LogP contribution in [-0.2, 0) is 16.6 Å². The standard InChI is InChI=1S/C20H22FNO4S/c21-17-6-4-16(5-7-17)14-22(13-15-2-3-15)27(23,24)18-8-9-19-20(12-18)26-11-1-10-25-19/h4-9,12,15H,1-3,10-11,13-14H2. The summed E-state index contributed by atoms with van der Waals surface area (Å²) in [4.78, 5) is 0.189. The van der Waals surface area contributed by atoms with E-state index in [0.29, 0.717) is 37.2 Å². The van der Waals surface area contributed by atoms with Gasteiger partial charge < -0.3 is 9.47 Å². The second-order valence-electron chi connectivity index (χ2n) is 7.03. The lowest BCUT2D eigenvalue weighted by molar-refractivity contribution is 0.296. The summed E-state index contributed by atoms with van der Waals surface area (Å²) in [6, 6.07) is 10.7. The van der Waals surface area contributed by atoms with Crippen LogP contribution >= 0.6 is 0 Å². The van der Waals surface area contributed by atoms with Gasteiger partial charge in [-0.05, 0) is 48.6 Å². The second kappa shape index (κ2) is 7.48. The molecule has 1 aliphatic carbocycles. The Labute approximate surface area is 158 Å². The van der Waals surface area contributed by atoms with Crippen molar-refractivity contribution in [2.45, 2.75) is 30.7 Å². The van der Waals surface area contributed by atoms with Gasteiger partial charge >= 0.3 is 0 Å². The number of nitrogens with zero attached hydrogens (tertiary/aromatic N) is 1. The topological polar surface area (TPSA) is 55.8 Å². The van der Waals surface area contributed by atoms with Crippen LogP contribution in [0.15, 0.2) is 47.4 Å². The molecule has 0 unspecified atom stereocenters. The van der Waals surface area contributed by atoms with Crippen molar-refractivity contribution in [3.05, 3.63) is 53.8 Å². The van der Waals surface area contributed by atoms with Crippen LogP contribution in [0.4, 0.5) is 4.39 Å². The summed E-state index contributed by atoms with van der Waals surface area (Å²) >= 11 is 0. The average molecular weight is 391 g/mol. The maximum atomic E-state index is 13.3. The van der Waals surface area contributed by atoms with Crippen molar-refractivity contribution in [1.29, 1.82) is 0 Å². The molecule has 144 valence electrons. The van der Waals surface area contributed by atoms with E-state index >= 15 is 0 Å². The first kappa shape index (κ1) is 18.3. The zero-order valence-electron chi connectivity index (χ0n) is 14.9. The summed E-state index contributed by atoms with van der Waals surface area (Å²) in [6.07, 6.45) is 2.84. The fourth-order valence-electron chi connectivity index (χ4n) is 3.08. The predicted octanol–water partition coefficient (Wildman–Crippen LogP) is 3.59. The highest BCUT2D eigenvalue weighted by Gasteiger charge is 2.32. The highest BCUT2D eigenvalue weighted by atomic mass is 32.2. The first-order chi connectivity index (χ1) is 13.0. The maximum absolute atomic E-state index is 13.3. The molecule has 27 heavy (non-hydrogen) atoms. The summed E-state index contributed by atoms with van der Waals surface area (Å²) in [7, 11) is -3.71. The lowest BCUT2D eigenvalue weighted by Crippen LogP contribution is -2.32. The van der Waals surface area contributed by atoms with Gasteiger partial charge in [-0.25, -0.2) is 12.8 Å². The smallest absolute Gasteiger partial charge is 0.243 e. The van der Waals surface area contributed by atoms with Crippen molar-refractivity contribution in [2.24, 2.45) is 5.92 Å². The molecule has 0 spiro atoms. The number of hydrogen-bond donors (Lipinski definition) is 0. The van der Waals surface area contributed by atoms with Crippen LogP contribution in [0.3, 0.4) is 0 Å². The molecular formula is C20H22FNO4S. The van der Waals surface area contributed by atoms with Crippen LogP contribution in [0.1, 0.15) is 24.8 Å². The van der Waals surface area contributed by atoms with Crippen molar-refractivity contribution in [3.63, 3.8) is 0 Å². The molecule has 0 atom stereocenters. The summed E-state index contributed by atoms with van der Waals surface area (Å²) in [5.41, 5.74) is 0.759. The number of rotatable bonds is 6. The van der Waals surface area contributed by atoms with Crippen LogP contribution < -0.4 is 9.47 Å². The second-order valence-corrected chi connectivity index (χ2v) is 8.96. The highest BCUT2D eigenvalue weighted by molar-refractivity contribution is 7.89. The largest absolute Gasteiger partial charge is 0.490 e. The fraction of sp³-hybridized carbons (Fsp3) is 0.400. The van der Waals surface area contributed by atoms with Gasteiger partial charge in [-0.2, -0.15) is 4.31 Å². The lowest BCUT2D eigenvalue weighted by atomic mass is 10.2. The molecule has 2 aromatic rings. The Balaban J connectivity index is 1.63. The zero-order valence-corrected chi connectivity index (χ0v) is 15.8. The third kappa shape index (κ3) is 4.25. The molecule has 0 N–H and O–H groups in total. The Morgan fingerprint density at radius 1 is 1.00 bits per heavy atom. The minimum absolute atomic E-state index is 0.189. The molecule has 7 heteroatoms. The van der Waals surface area contributed by atoms with Crippen LogP contribution in [-0.4, -0.2) is 32.5 Å². The molecule has 2 aliphatic rings. The molecule has 0 amide bonds. The average Bonchev–Trinajstić information content (AvgIpc) is 3.49. The maximum Gasteiger partial charge on any atom is 0.243 e. The van der Waals surface area contributed by atoms with E-state index in [1.165, 1.54) is 16.4 Å². The molecule has 1 aliphatic heterocycles. The summed E-state index contributed by atoms with van der Waals surface area (Å²) in [5.74, 6) is 1.08. The Bertz CT molecular complexity index is 910. The van der Waals surface area contributed by atoms with Gasteiger partial charge in [0.25, 0.3) is 0 Å². The van der Waals surface area contributed by atoms with Crippen molar-refractivity contribution < 1.29 is 22.3 Å². The van der Waals surface area contributed by atoms with E-state index in [1.807, 2.05) is 0 Å². The summed E-state index contributed by atoms with van der Waals surface area (Å²) < 4.78 is 52.5. The van der Waals surface area contributed by atoms with Crippen molar-refractivity contribution in [1.82, 2.24) is 4.31 Å². The lowest BCUT2D eigenvalue weighted by Gasteiger charge is -2.23. The fourth-order valence-corrected chi connectivity index (χ4v) is 4.60. The Kier molecular flexibility index (Phi) is 5.06. The molecule has 1 heterocycles. The Morgan fingerprint density at radius 2 is 1.70 bits per heavy atom. The molecule has 1 saturated carbocycles. The van der Waals surface area contributed by atoms with E-state index in [2.05, 4.69) is 0 Å². The SMILES string of the molecule is O=S(=O)(c1ccc2c(c1)OCCCO2)N(Cc1ccc(F)cc1)CC1CC1. The predicted molar refractivity (Wildman–Crippen MR) is 98.8 cm³/mol. The molecule has 0 saturated heterocycles. The van der Waals surface area contributed by atoms with Gasteiger partial charge in [0.05, 0.1) is 18.1 Å². The number of ether oxygens (including phenoxy) is 2. The summed E-state index contributed by atoms with van der Waals surface area (Å²) in [6.45, 7) is 1.73. The van der Waals surface area contributed by atoms with Crippen LogP contribution in [0, 0.1) is 11.7 Å². The molecular weight excluding hydrogens is 369 g/mol. The van der Waals surface area contributed by atoms with E-state index in [1.54, 1.807) is 30.3 Å². The molecule has 0 bridgehead atoms. The zero-order chi connectivity index (χ0) is 18.9. The van der Waals surface area contributed by atoms with Crippen molar-refractivity contribution in [2.75, 3.05) is 19.8 Å². The Hall–Kier alpha value is -2.12. The van der Waals surface area contributed by atoms with Crippen LogP contribution in [0.2, 0.25) is 0 Å². The van der Waals surface area contributed by atoms with Gasteiger partial charge in [-0.15, -0.1) is 0 Å². The quantitative estimate of drug-likeness (QED) is 0.755. The van der Waals surface area contributed by atoms with Crippen molar-refractivity contribution >= 4 is 10.0 Å². The monoisotopic (exact) mass is 391 g/mol. The first-order valence-corrected chi connectivity index (χ1v) is 10.6. The molecule has 5 nitrogen and oxygen atoms in total. The van der Waals surface area contributed by atoms with E-state index in [4.69, 9.17) is 9.47 Å². The molecule has 0 radical (unpaired) electrons. The third-order valence-corrected chi connectivity index (χ3v) is 6.60. The first-order valence-electron chi connectivity index (χ1n) is 9.16. The van der Waals surface area contributed by atoms with Gasteiger partial charge in [0, 0.05) is 25.6 Å².